The van der Waals surface area contributed by atoms with Crippen LogP contribution in [0.3, 0.4) is 0 Å². The Hall–Kier alpha value is -0.970. The van der Waals surface area contributed by atoms with Crippen LogP contribution < -0.4 is 11.3 Å². The molecular formula is C11H19N3O. The number of pyridine rings is 1. The van der Waals surface area contributed by atoms with E-state index in [2.05, 4.69) is 10.4 Å². The van der Waals surface area contributed by atoms with E-state index in [0.29, 0.717) is 6.61 Å². The van der Waals surface area contributed by atoms with Crippen molar-refractivity contribution in [3.8, 4) is 0 Å². The second-order valence-corrected chi connectivity index (χ2v) is 3.81. The summed E-state index contributed by atoms with van der Waals surface area (Å²) in [6.45, 7) is 4.64. The van der Waals surface area contributed by atoms with Gasteiger partial charge in [0, 0.05) is 18.4 Å². The number of hydrogen-bond acceptors (Lipinski definition) is 4. The molecule has 4 nitrogen and oxygen atoms in total. The van der Waals surface area contributed by atoms with E-state index in [4.69, 9.17) is 10.6 Å². The van der Waals surface area contributed by atoms with Crippen LogP contribution in [0, 0.1) is 0 Å². The van der Waals surface area contributed by atoms with Crippen molar-refractivity contribution < 1.29 is 4.74 Å². The van der Waals surface area contributed by atoms with Crippen LogP contribution in [0.15, 0.2) is 24.5 Å². The summed E-state index contributed by atoms with van der Waals surface area (Å²) >= 11 is 0. The lowest BCUT2D eigenvalue weighted by Gasteiger charge is -2.17. The molecule has 1 rings (SSSR count). The molecule has 0 saturated carbocycles. The predicted octanol–water partition coefficient (Wildman–Crippen LogP) is 0.881. The normalized spacial score (nSPS) is 13.1. The van der Waals surface area contributed by atoms with E-state index in [-0.39, 0.29) is 12.1 Å². The molecule has 4 heteroatoms. The summed E-state index contributed by atoms with van der Waals surface area (Å²) in [4.78, 5) is 4.06. The van der Waals surface area contributed by atoms with E-state index in [1.165, 1.54) is 0 Å². The van der Waals surface area contributed by atoms with Gasteiger partial charge in [0.15, 0.2) is 0 Å². The molecule has 0 fully saturated rings. The molecular weight excluding hydrogens is 190 g/mol. The highest BCUT2D eigenvalue weighted by atomic mass is 16.5. The number of nitrogens with two attached hydrogens (primary N) is 1. The molecule has 3 N–H and O–H groups in total. The molecule has 0 aliphatic rings. The van der Waals surface area contributed by atoms with E-state index in [1.807, 2.05) is 32.2 Å². The number of rotatable bonds is 6. The molecule has 0 radical (unpaired) electrons. The maximum Gasteiger partial charge on any atom is 0.0639 e. The Morgan fingerprint density at radius 2 is 2.33 bits per heavy atom. The van der Waals surface area contributed by atoms with Crippen molar-refractivity contribution in [3.05, 3.63) is 30.1 Å². The molecule has 0 aliphatic carbocycles. The molecule has 0 amide bonds. The zero-order chi connectivity index (χ0) is 11.1. The zero-order valence-electron chi connectivity index (χ0n) is 9.31. The topological polar surface area (TPSA) is 60.2 Å². The minimum atomic E-state index is 0.136. The van der Waals surface area contributed by atoms with Crippen LogP contribution >= 0.6 is 0 Å². The summed E-state index contributed by atoms with van der Waals surface area (Å²) < 4.78 is 5.50. The van der Waals surface area contributed by atoms with E-state index in [1.54, 1.807) is 6.20 Å². The smallest absolute Gasteiger partial charge is 0.0639 e. The molecule has 0 aliphatic heterocycles. The van der Waals surface area contributed by atoms with Gasteiger partial charge in [-0.2, -0.15) is 0 Å². The van der Waals surface area contributed by atoms with Gasteiger partial charge in [-0.3, -0.25) is 16.3 Å². The molecule has 1 unspecified atom stereocenters. The molecule has 1 atom stereocenters. The monoisotopic (exact) mass is 209 g/mol. The molecule has 1 aromatic rings. The molecule has 1 aromatic heterocycles. The van der Waals surface area contributed by atoms with Crippen molar-refractivity contribution in [3.63, 3.8) is 0 Å². The number of hydrogen-bond donors (Lipinski definition) is 2. The van der Waals surface area contributed by atoms with E-state index in [0.717, 1.165) is 12.0 Å². The van der Waals surface area contributed by atoms with Crippen LogP contribution in [0.1, 0.15) is 19.4 Å². The van der Waals surface area contributed by atoms with Crippen LogP contribution in [0.4, 0.5) is 0 Å². The number of nitrogens with one attached hydrogen (secondary N) is 1. The Bertz CT molecular complexity index is 264. The van der Waals surface area contributed by atoms with Gasteiger partial charge in [-0.05, 0) is 31.9 Å². The zero-order valence-corrected chi connectivity index (χ0v) is 9.31. The minimum absolute atomic E-state index is 0.136. The quantitative estimate of drug-likeness (QED) is 0.539. The second-order valence-electron chi connectivity index (χ2n) is 3.81. The maximum absolute atomic E-state index is 5.50. The first-order valence-corrected chi connectivity index (χ1v) is 5.19. The number of hydrazine groups is 1. The van der Waals surface area contributed by atoms with Crippen molar-refractivity contribution in [1.82, 2.24) is 10.4 Å². The van der Waals surface area contributed by atoms with E-state index >= 15 is 0 Å². The third-order valence-corrected chi connectivity index (χ3v) is 2.07. The van der Waals surface area contributed by atoms with Gasteiger partial charge in [-0.1, -0.05) is 6.07 Å². The number of aromatic nitrogens is 1. The van der Waals surface area contributed by atoms with E-state index in [9.17, 15) is 0 Å². The van der Waals surface area contributed by atoms with Crippen molar-refractivity contribution in [2.45, 2.75) is 32.4 Å². The fourth-order valence-corrected chi connectivity index (χ4v) is 1.28. The van der Waals surface area contributed by atoms with Crippen LogP contribution in [0.2, 0.25) is 0 Å². The van der Waals surface area contributed by atoms with E-state index < -0.39 is 0 Å². The first kappa shape index (κ1) is 12.1. The van der Waals surface area contributed by atoms with Gasteiger partial charge in [0.2, 0.25) is 0 Å². The fourth-order valence-electron chi connectivity index (χ4n) is 1.28. The van der Waals surface area contributed by atoms with Crippen molar-refractivity contribution in [2.24, 2.45) is 5.84 Å². The fraction of sp³-hybridized carbons (Fsp3) is 0.545. The molecule has 0 aromatic carbocycles. The average Bonchev–Trinajstić information content (AvgIpc) is 2.25. The molecule has 1 heterocycles. The van der Waals surface area contributed by atoms with Crippen LogP contribution in [-0.4, -0.2) is 23.7 Å². The first-order chi connectivity index (χ1) is 7.22. The lowest BCUT2D eigenvalue weighted by molar-refractivity contribution is 0.0613. The molecule has 0 bridgehead atoms. The third-order valence-electron chi connectivity index (χ3n) is 2.07. The van der Waals surface area contributed by atoms with Gasteiger partial charge in [0.05, 0.1) is 12.7 Å². The van der Waals surface area contributed by atoms with Crippen LogP contribution in [-0.2, 0) is 11.2 Å². The summed E-state index contributed by atoms with van der Waals surface area (Å²) in [5.74, 6) is 5.46. The Morgan fingerprint density at radius 1 is 1.53 bits per heavy atom. The van der Waals surface area contributed by atoms with Crippen LogP contribution in [0.25, 0.3) is 0 Å². The molecule has 15 heavy (non-hydrogen) atoms. The number of ether oxygens (including phenoxy) is 1. The predicted molar refractivity (Wildman–Crippen MR) is 60.1 cm³/mol. The Kier molecular flexibility index (Phi) is 5.25. The van der Waals surface area contributed by atoms with Gasteiger partial charge in [0.1, 0.15) is 0 Å². The van der Waals surface area contributed by atoms with Crippen LogP contribution in [0.5, 0.6) is 0 Å². The largest absolute Gasteiger partial charge is 0.377 e. The second kappa shape index (κ2) is 6.50. The Labute approximate surface area is 90.8 Å². The summed E-state index contributed by atoms with van der Waals surface area (Å²) in [6, 6.07) is 4.09. The van der Waals surface area contributed by atoms with Gasteiger partial charge < -0.3 is 4.74 Å². The first-order valence-electron chi connectivity index (χ1n) is 5.19. The highest BCUT2D eigenvalue weighted by Crippen LogP contribution is 2.02. The maximum atomic E-state index is 5.50. The minimum Gasteiger partial charge on any atom is -0.377 e. The lowest BCUT2D eigenvalue weighted by Crippen LogP contribution is -2.40. The lowest BCUT2D eigenvalue weighted by atomic mass is 10.1. The Morgan fingerprint density at radius 3 is 2.87 bits per heavy atom. The van der Waals surface area contributed by atoms with Crippen molar-refractivity contribution in [1.29, 1.82) is 0 Å². The molecule has 0 saturated heterocycles. The molecule has 0 spiro atoms. The summed E-state index contributed by atoms with van der Waals surface area (Å²) in [5.41, 5.74) is 3.91. The Balaban J connectivity index is 2.40. The van der Waals surface area contributed by atoms with Gasteiger partial charge >= 0.3 is 0 Å². The summed E-state index contributed by atoms with van der Waals surface area (Å²) in [7, 11) is 0. The number of nitrogens with zero attached hydrogens (tertiary/aromatic N) is 1. The standard InChI is InChI=1S/C11H19N3O/c1-9(2)15-8-11(14-12)6-10-4-3-5-13-7-10/h3-5,7,9,11,14H,6,8,12H2,1-2H3. The van der Waals surface area contributed by atoms with Crippen molar-refractivity contribution >= 4 is 0 Å². The van der Waals surface area contributed by atoms with Crippen molar-refractivity contribution in [2.75, 3.05) is 6.61 Å². The van der Waals surface area contributed by atoms with Gasteiger partial charge in [0.25, 0.3) is 0 Å². The summed E-state index contributed by atoms with van der Waals surface area (Å²) in [5, 5.41) is 0. The highest BCUT2D eigenvalue weighted by Gasteiger charge is 2.08. The third kappa shape index (κ3) is 4.88. The average molecular weight is 209 g/mol. The SMILES string of the molecule is CC(C)OCC(Cc1cccnc1)NN. The highest BCUT2D eigenvalue weighted by molar-refractivity contribution is 5.10. The van der Waals surface area contributed by atoms with Gasteiger partial charge in [-0.25, -0.2) is 0 Å². The summed E-state index contributed by atoms with van der Waals surface area (Å²) in [6.07, 6.45) is 4.67. The van der Waals surface area contributed by atoms with Gasteiger partial charge in [-0.15, -0.1) is 0 Å². The molecule has 84 valence electrons.